The van der Waals surface area contributed by atoms with Crippen LogP contribution in [0.2, 0.25) is 0 Å². The van der Waals surface area contributed by atoms with Crippen molar-refractivity contribution in [2.24, 2.45) is 0 Å². The van der Waals surface area contributed by atoms with Gasteiger partial charge in [0, 0.05) is 11.3 Å². The van der Waals surface area contributed by atoms with Crippen molar-refractivity contribution in [2.75, 3.05) is 10.6 Å². The number of aromatic nitrogens is 1. The summed E-state index contributed by atoms with van der Waals surface area (Å²) in [4.78, 5) is 16.5. The molecule has 2 aromatic carbocycles. The average molecular weight is 321 g/mol. The SMILES string of the molecule is Cc1ccccc1C(=O)Nc1ccc(Nc2ccc(F)cc2)nc1. The lowest BCUT2D eigenvalue weighted by Crippen LogP contribution is -2.13. The van der Waals surface area contributed by atoms with Gasteiger partial charge in [-0.1, -0.05) is 18.2 Å². The standard InChI is InChI=1S/C19H16FN3O/c1-13-4-2-3-5-17(13)19(24)23-16-10-11-18(21-12-16)22-15-8-6-14(20)7-9-15/h2-12H,1H3,(H,21,22)(H,23,24). The molecule has 0 unspecified atom stereocenters. The molecule has 0 saturated heterocycles. The molecular formula is C19H16FN3O. The summed E-state index contributed by atoms with van der Waals surface area (Å²) in [5.41, 5.74) is 2.89. The molecule has 2 N–H and O–H groups in total. The molecular weight excluding hydrogens is 305 g/mol. The van der Waals surface area contributed by atoms with Gasteiger partial charge in [-0.15, -0.1) is 0 Å². The number of nitrogens with zero attached hydrogens (tertiary/aromatic N) is 1. The predicted octanol–water partition coefficient (Wildman–Crippen LogP) is 4.53. The topological polar surface area (TPSA) is 54.0 Å². The Morgan fingerprint density at radius 1 is 0.958 bits per heavy atom. The van der Waals surface area contributed by atoms with E-state index in [2.05, 4.69) is 15.6 Å². The minimum absolute atomic E-state index is 0.172. The van der Waals surface area contributed by atoms with Gasteiger partial charge < -0.3 is 10.6 Å². The number of rotatable bonds is 4. The van der Waals surface area contributed by atoms with Gasteiger partial charge in [0.2, 0.25) is 0 Å². The van der Waals surface area contributed by atoms with Crippen molar-refractivity contribution in [3.63, 3.8) is 0 Å². The van der Waals surface area contributed by atoms with Crippen LogP contribution in [-0.2, 0) is 0 Å². The Bertz CT molecular complexity index is 845. The molecule has 1 amide bonds. The Balaban J connectivity index is 1.67. The number of anilines is 3. The average Bonchev–Trinajstić information content (AvgIpc) is 2.59. The van der Waals surface area contributed by atoms with Crippen molar-refractivity contribution in [3.05, 3.63) is 83.8 Å². The Kier molecular flexibility index (Phi) is 4.52. The van der Waals surface area contributed by atoms with E-state index in [1.807, 2.05) is 25.1 Å². The largest absolute Gasteiger partial charge is 0.340 e. The Hall–Kier alpha value is -3.21. The molecule has 0 spiro atoms. The van der Waals surface area contributed by atoms with E-state index >= 15 is 0 Å². The molecule has 3 aromatic rings. The molecule has 0 saturated carbocycles. The van der Waals surface area contributed by atoms with Gasteiger partial charge in [-0.05, 0) is 55.0 Å². The molecule has 1 heterocycles. The summed E-state index contributed by atoms with van der Waals surface area (Å²) in [5.74, 6) is 0.146. The van der Waals surface area contributed by atoms with Crippen LogP contribution in [-0.4, -0.2) is 10.9 Å². The van der Waals surface area contributed by atoms with Gasteiger partial charge in [0.05, 0.1) is 11.9 Å². The monoisotopic (exact) mass is 321 g/mol. The highest BCUT2D eigenvalue weighted by molar-refractivity contribution is 6.05. The number of pyridine rings is 1. The van der Waals surface area contributed by atoms with E-state index in [1.165, 1.54) is 12.1 Å². The smallest absolute Gasteiger partial charge is 0.255 e. The van der Waals surface area contributed by atoms with E-state index in [1.54, 1.807) is 36.5 Å². The molecule has 0 atom stereocenters. The van der Waals surface area contributed by atoms with Crippen molar-refractivity contribution >= 4 is 23.1 Å². The van der Waals surface area contributed by atoms with Crippen molar-refractivity contribution in [1.29, 1.82) is 0 Å². The molecule has 0 bridgehead atoms. The van der Waals surface area contributed by atoms with Crippen LogP contribution in [0, 0.1) is 12.7 Å². The maximum atomic E-state index is 12.9. The summed E-state index contributed by atoms with van der Waals surface area (Å²) >= 11 is 0. The third kappa shape index (κ3) is 3.76. The molecule has 4 nitrogen and oxygen atoms in total. The fraction of sp³-hybridized carbons (Fsp3) is 0.0526. The number of halogens is 1. The van der Waals surface area contributed by atoms with Gasteiger partial charge in [-0.3, -0.25) is 4.79 Å². The number of carbonyl (C=O) groups is 1. The summed E-state index contributed by atoms with van der Waals surface area (Å²) in [6.07, 6.45) is 1.57. The highest BCUT2D eigenvalue weighted by Crippen LogP contribution is 2.17. The first kappa shape index (κ1) is 15.7. The zero-order valence-corrected chi connectivity index (χ0v) is 13.1. The number of hydrogen-bond donors (Lipinski definition) is 2. The lowest BCUT2D eigenvalue weighted by molar-refractivity contribution is 0.102. The first-order valence-electron chi connectivity index (χ1n) is 7.47. The third-order valence-electron chi connectivity index (χ3n) is 3.53. The molecule has 0 aliphatic rings. The van der Waals surface area contributed by atoms with Crippen molar-refractivity contribution in [3.8, 4) is 0 Å². The molecule has 3 rings (SSSR count). The molecule has 5 heteroatoms. The van der Waals surface area contributed by atoms with Gasteiger partial charge in [-0.25, -0.2) is 9.37 Å². The molecule has 24 heavy (non-hydrogen) atoms. The number of amides is 1. The van der Waals surface area contributed by atoms with Crippen LogP contribution in [0.3, 0.4) is 0 Å². The molecule has 0 aliphatic carbocycles. The molecule has 1 aromatic heterocycles. The second-order valence-corrected chi connectivity index (χ2v) is 5.33. The molecule has 0 aliphatic heterocycles. The second kappa shape index (κ2) is 6.91. The molecule has 120 valence electrons. The van der Waals surface area contributed by atoms with E-state index in [4.69, 9.17) is 0 Å². The van der Waals surface area contributed by atoms with Gasteiger partial charge in [0.15, 0.2) is 0 Å². The number of hydrogen-bond acceptors (Lipinski definition) is 3. The van der Waals surface area contributed by atoms with E-state index in [9.17, 15) is 9.18 Å². The lowest BCUT2D eigenvalue weighted by Gasteiger charge is -2.09. The van der Waals surface area contributed by atoms with Crippen LogP contribution in [0.15, 0.2) is 66.9 Å². The van der Waals surface area contributed by atoms with E-state index in [-0.39, 0.29) is 11.7 Å². The van der Waals surface area contributed by atoms with Gasteiger partial charge in [0.1, 0.15) is 11.6 Å². The maximum absolute atomic E-state index is 12.9. The Morgan fingerprint density at radius 3 is 2.33 bits per heavy atom. The van der Waals surface area contributed by atoms with Crippen LogP contribution < -0.4 is 10.6 Å². The van der Waals surface area contributed by atoms with Crippen LogP contribution >= 0.6 is 0 Å². The number of aryl methyl sites for hydroxylation is 1. The number of carbonyl (C=O) groups excluding carboxylic acids is 1. The van der Waals surface area contributed by atoms with Gasteiger partial charge in [0.25, 0.3) is 5.91 Å². The predicted molar refractivity (Wildman–Crippen MR) is 93.1 cm³/mol. The first-order chi connectivity index (χ1) is 11.6. The maximum Gasteiger partial charge on any atom is 0.255 e. The van der Waals surface area contributed by atoms with Crippen LogP contribution in [0.25, 0.3) is 0 Å². The summed E-state index contributed by atoms with van der Waals surface area (Å²) in [7, 11) is 0. The number of nitrogens with one attached hydrogen (secondary N) is 2. The highest BCUT2D eigenvalue weighted by atomic mass is 19.1. The Labute approximate surface area is 139 Å². The summed E-state index contributed by atoms with van der Waals surface area (Å²) in [6.45, 7) is 1.89. The van der Waals surface area contributed by atoms with Crippen LogP contribution in [0.4, 0.5) is 21.6 Å². The van der Waals surface area contributed by atoms with Crippen LogP contribution in [0.1, 0.15) is 15.9 Å². The molecule has 0 fully saturated rings. The van der Waals surface area contributed by atoms with Crippen molar-refractivity contribution in [1.82, 2.24) is 4.98 Å². The van der Waals surface area contributed by atoms with Crippen molar-refractivity contribution < 1.29 is 9.18 Å². The highest BCUT2D eigenvalue weighted by Gasteiger charge is 2.08. The summed E-state index contributed by atoms with van der Waals surface area (Å²) < 4.78 is 12.9. The zero-order valence-electron chi connectivity index (χ0n) is 13.1. The first-order valence-corrected chi connectivity index (χ1v) is 7.47. The van der Waals surface area contributed by atoms with Gasteiger partial charge in [-0.2, -0.15) is 0 Å². The van der Waals surface area contributed by atoms with Crippen LogP contribution in [0.5, 0.6) is 0 Å². The third-order valence-corrected chi connectivity index (χ3v) is 3.53. The Morgan fingerprint density at radius 2 is 1.67 bits per heavy atom. The quantitative estimate of drug-likeness (QED) is 0.742. The normalized spacial score (nSPS) is 10.2. The second-order valence-electron chi connectivity index (χ2n) is 5.33. The van der Waals surface area contributed by atoms with E-state index < -0.39 is 0 Å². The van der Waals surface area contributed by atoms with Gasteiger partial charge >= 0.3 is 0 Å². The minimum Gasteiger partial charge on any atom is -0.340 e. The summed E-state index contributed by atoms with van der Waals surface area (Å²) in [5, 5.41) is 5.88. The fourth-order valence-corrected chi connectivity index (χ4v) is 2.25. The van der Waals surface area contributed by atoms with Crippen molar-refractivity contribution in [2.45, 2.75) is 6.92 Å². The fourth-order valence-electron chi connectivity index (χ4n) is 2.25. The zero-order chi connectivity index (χ0) is 16.9. The number of benzene rings is 2. The van der Waals surface area contributed by atoms with E-state index in [0.29, 0.717) is 17.1 Å². The van der Waals surface area contributed by atoms with E-state index in [0.717, 1.165) is 11.3 Å². The molecule has 0 radical (unpaired) electrons. The summed E-state index contributed by atoms with van der Waals surface area (Å²) in [6, 6.07) is 16.9. The lowest BCUT2D eigenvalue weighted by atomic mass is 10.1. The minimum atomic E-state index is -0.289.